The molecule has 1 aromatic carbocycles. The minimum Gasteiger partial charge on any atom is -0.494 e. The average molecular weight is 503 g/mol. The molecule has 0 heterocycles. The number of hydrogen-bond donors (Lipinski definition) is 0. The summed E-state index contributed by atoms with van der Waals surface area (Å²) >= 11 is 0. The Balaban J connectivity index is 1.91. The third kappa shape index (κ3) is 20.7. The molecular weight excluding hydrogens is 444 g/mol. The number of aryl methyl sites for hydroxylation is 1. The van der Waals surface area contributed by atoms with Gasteiger partial charge in [-0.15, -0.1) is 0 Å². The number of benzene rings is 1. The molecule has 0 amide bonds. The quantitative estimate of drug-likeness (QED) is 0.0933. The van der Waals surface area contributed by atoms with Crippen LogP contribution in [0.15, 0.2) is 24.3 Å². The summed E-state index contributed by atoms with van der Waals surface area (Å²) in [6.07, 6.45) is 29.6. The third-order valence-corrected chi connectivity index (χ3v) is 7.24. The number of esters is 1. The molecule has 0 spiro atoms. The van der Waals surface area contributed by atoms with Crippen LogP contribution in [0.25, 0.3) is 0 Å². The Kier molecular flexibility index (Phi) is 22.7. The molecule has 0 unspecified atom stereocenters. The van der Waals surface area contributed by atoms with Crippen LogP contribution in [0.2, 0.25) is 0 Å². The molecule has 3 nitrogen and oxygen atoms in total. The Morgan fingerprint density at radius 3 is 1.69 bits per heavy atom. The number of carbonyl (C=O) groups excluding carboxylic acids is 1. The minimum absolute atomic E-state index is 0.0832. The van der Waals surface area contributed by atoms with Crippen LogP contribution in [0.3, 0.4) is 0 Å². The topological polar surface area (TPSA) is 35.5 Å². The molecule has 3 heteroatoms. The lowest BCUT2D eigenvalue weighted by Crippen LogP contribution is -1.99. The first-order valence-corrected chi connectivity index (χ1v) is 15.5. The standard InChI is InChI=1S/C33H58O3/c1-3-4-5-6-7-8-9-10-11-12-15-18-21-25-31-26-24-27-32(30-31)36-29-23-20-17-14-13-16-19-22-28-33(34)35-2/h24,26-27,30H,3-23,25,28-29H2,1-2H3. The van der Waals surface area contributed by atoms with E-state index in [0.29, 0.717) is 6.42 Å². The molecule has 0 aromatic heterocycles. The SMILES string of the molecule is CCCCCCCCCCCCCCCc1cccc(OCCCCCCCCCCC(=O)OC)c1. The van der Waals surface area contributed by atoms with E-state index in [1.165, 1.54) is 135 Å². The highest BCUT2D eigenvalue weighted by Crippen LogP contribution is 2.18. The normalized spacial score (nSPS) is 11.1. The van der Waals surface area contributed by atoms with Crippen molar-refractivity contribution in [1.82, 2.24) is 0 Å². The van der Waals surface area contributed by atoms with E-state index in [4.69, 9.17) is 4.74 Å². The van der Waals surface area contributed by atoms with Crippen LogP contribution in [-0.2, 0) is 16.0 Å². The first kappa shape index (κ1) is 32.5. The van der Waals surface area contributed by atoms with Gasteiger partial charge in [-0.25, -0.2) is 0 Å². The fraction of sp³-hybridized carbons (Fsp3) is 0.788. The minimum atomic E-state index is -0.0832. The van der Waals surface area contributed by atoms with Crippen LogP contribution in [0.4, 0.5) is 0 Å². The zero-order valence-electron chi connectivity index (χ0n) is 24.0. The predicted molar refractivity (Wildman–Crippen MR) is 155 cm³/mol. The summed E-state index contributed by atoms with van der Waals surface area (Å²) in [5, 5.41) is 0. The summed E-state index contributed by atoms with van der Waals surface area (Å²) < 4.78 is 10.7. The summed E-state index contributed by atoms with van der Waals surface area (Å²) in [5.41, 5.74) is 1.42. The number of methoxy groups -OCH3 is 1. The number of carbonyl (C=O) groups is 1. The van der Waals surface area contributed by atoms with Gasteiger partial charge in [0, 0.05) is 6.42 Å². The molecule has 0 N–H and O–H groups in total. The van der Waals surface area contributed by atoms with Crippen molar-refractivity contribution in [3.63, 3.8) is 0 Å². The average Bonchev–Trinajstić information content (AvgIpc) is 2.90. The van der Waals surface area contributed by atoms with Gasteiger partial charge in [-0.3, -0.25) is 4.79 Å². The Morgan fingerprint density at radius 1 is 0.639 bits per heavy atom. The van der Waals surface area contributed by atoms with Crippen molar-refractivity contribution in [2.24, 2.45) is 0 Å². The van der Waals surface area contributed by atoms with Crippen LogP contribution in [0, 0.1) is 0 Å². The largest absolute Gasteiger partial charge is 0.494 e. The predicted octanol–water partition coefficient (Wildman–Crippen LogP) is 10.4. The van der Waals surface area contributed by atoms with Gasteiger partial charge in [0.25, 0.3) is 0 Å². The van der Waals surface area contributed by atoms with Crippen LogP contribution in [-0.4, -0.2) is 19.7 Å². The van der Waals surface area contributed by atoms with Gasteiger partial charge in [-0.05, 0) is 43.4 Å². The molecule has 36 heavy (non-hydrogen) atoms. The van der Waals surface area contributed by atoms with E-state index >= 15 is 0 Å². The van der Waals surface area contributed by atoms with Gasteiger partial charge in [0.2, 0.25) is 0 Å². The van der Waals surface area contributed by atoms with E-state index in [9.17, 15) is 4.79 Å². The summed E-state index contributed by atoms with van der Waals surface area (Å²) in [5.74, 6) is 0.952. The summed E-state index contributed by atoms with van der Waals surface area (Å²) in [6, 6.07) is 8.74. The van der Waals surface area contributed by atoms with Gasteiger partial charge in [0.15, 0.2) is 0 Å². The maximum absolute atomic E-state index is 11.1. The summed E-state index contributed by atoms with van der Waals surface area (Å²) in [6.45, 7) is 3.11. The highest BCUT2D eigenvalue weighted by molar-refractivity contribution is 5.68. The van der Waals surface area contributed by atoms with Crippen molar-refractivity contribution >= 4 is 5.97 Å². The lowest BCUT2D eigenvalue weighted by molar-refractivity contribution is -0.140. The molecule has 0 saturated heterocycles. The molecule has 0 fully saturated rings. The maximum Gasteiger partial charge on any atom is 0.305 e. The van der Waals surface area contributed by atoms with Gasteiger partial charge >= 0.3 is 5.97 Å². The molecule has 0 aliphatic carbocycles. The monoisotopic (exact) mass is 502 g/mol. The fourth-order valence-electron chi connectivity index (χ4n) is 4.86. The van der Waals surface area contributed by atoms with Gasteiger partial charge in [0.1, 0.15) is 5.75 Å². The van der Waals surface area contributed by atoms with E-state index in [1.807, 2.05) is 0 Å². The van der Waals surface area contributed by atoms with Crippen molar-refractivity contribution in [3.8, 4) is 5.75 Å². The van der Waals surface area contributed by atoms with Crippen molar-refractivity contribution in [2.45, 2.75) is 155 Å². The van der Waals surface area contributed by atoms with E-state index in [-0.39, 0.29) is 5.97 Å². The summed E-state index contributed by atoms with van der Waals surface area (Å²) in [7, 11) is 1.46. The maximum atomic E-state index is 11.1. The number of hydrogen-bond acceptors (Lipinski definition) is 3. The lowest BCUT2D eigenvalue weighted by atomic mass is 10.0. The first-order chi connectivity index (χ1) is 17.8. The molecule has 0 atom stereocenters. The Labute approximate surface area is 224 Å². The van der Waals surface area contributed by atoms with Crippen LogP contribution in [0.1, 0.15) is 154 Å². The van der Waals surface area contributed by atoms with Gasteiger partial charge in [0.05, 0.1) is 13.7 Å². The number of unbranched alkanes of at least 4 members (excludes halogenated alkanes) is 19. The van der Waals surface area contributed by atoms with Crippen LogP contribution in [0.5, 0.6) is 5.75 Å². The molecule has 208 valence electrons. The second-order valence-corrected chi connectivity index (χ2v) is 10.6. The summed E-state index contributed by atoms with van der Waals surface area (Å²) in [4.78, 5) is 11.1. The van der Waals surface area contributed by atoms with Crippen LogP contribution >= 0.6 is 0 Å². The second kappa shape index (κ2) is 25.2. The van der Waals surface area contributed by atoms with E-state index in [0.717, 1.165) is 31.6 Å². The molecule has 0 saturated carbocycles. The third-order valence-electron chi connectivity index (χ3n) is 7.24. The number of ether oxygens (including phenoxy) is 2. The van der Waals surface area contributed by atoms with Gasteiger partial charge in [-0.2, -0.15) is 0 Å². The Bertz CT molecular complexity index is 613. The Morgan fingerprint density at radius 2 is 1.14 bits per heavy atom. The zero-order valence-corrected chi connectivity index (χ0v) is 24.0. The molecule has 0 aliphatic heterocycles. The van der Waals surface area contributed by atoms with Crippen molar-refractivity contribution < 1.29 is 14.3 Å². The van der Waals surface area contributed by atoms with Crippen molar-refractivity contribution in [3.05, 3.63) is 29.8 Å². The molecule has 0 aliphatic rings. The van der Waals surface area contributed by atoms with E-state index in [2.05, 4.69) is 35.9 Å². The van der Waals surface area contributed by atoms with E-state index < -0.39 is 0 Å². The molecular formula is C33H58O3. The van der Waals surface area contributed by atoms with Crippen molar-refractivity contribution in [1.29, 1.82) is 0 Å². The number of rotatable bonds is 26. The molecule has 1 aromatic rings. The van der Waals surface area contributed by atoms with Gasteiger partial charge < -0.3 is 9.47 Å². The Hall–Kier alpha value is -1.51. The van der Waals surface area contributed by atoms with E-state index in [1.54, 1.807) is 0 Å². The fourth-order valence-corrected chi connectivity index (χ4v) is 4.86. The second-order valence-electron chi connectivity index (χ2n) is 10.6. The molecule has 0 radical (unpaired) electrons. The smallest absolute Gasteiger partial charge is 0.305 e. The van der Waals surface area contributed by atoms with Gasteiger partial charge in [-0.1, -0.05) is 135 Å². The zero-order chi connectivity index (χ0) is 25.9. The molecule has 0 bridgehead atoms. The highest BCUT2D eigenvalue weighted by atomic mass is 16.5. The van der Waals surface area contributed by atoms with Crippen LogP contribution < -0.4 is 4.74 Å². The molecule has 1 rings (SSSR count). The first-order valence-electron chi connectivity index (χ1n) is 15.5. The highest BCUT2D eigenvalue weighted by Gasteiger charge is 2.01. The van der Waals surface area contributed by atoms with Crippen molar-refractivity contribution in [2.75, 3.05) is 13.7 Å². The lowest BCUT2D eigenvalue weighted by Gasteiger charge is -2.08.